The lowest BCUT2D eigenvalue weighted by molar-refractivity contribution is -0.141. The van der Waals surface area contributed by atoms with E-state index in [0.29, 0.717) is 37.2 Å². The Bertz CT molecular complexity index is 965. The van der Waals surface area contributed by atoms with Crippen molar-refractivity contribution in [3.05, 3.63) is 65.2 Å². The zero-order valence-electron chi connectivity index (χ0n) is 16.6. The Kier molecular flexibility index (Phi) is 4.32. The molecular formula is C23H25N3O3. The first-order chi connectivity index (χ1) is 14.0. The van der Waals surface area contributed by atoms with E-state index >= 15 is 0 Å². The van der Waals surface area contributed by atoms with Gasteiger partial charge in [-0.2, -0.15) is 0 Å². The number of hydrogen-bond acceptors (Lipinski definition) is 4. The highest BCUT2D eigenvalue weighted by atomic mass is 16.5. The number of piperidine rings is 1. The maximum Gasteiger partial charge on any atom is 0.258 e. The second-order valence-corrected chi connectivity index (χ2v) is 8.28. The average Bonchev–Trinajstić information content (AvgIpc) is 2.73. The van der Waals surface area contributed by atoms with E-state index in [4.69, 9.17) is 4.74 Å². The third kappa shape index (κ3) is 3.17. The Morgan fingerprint density at radius 3 is 2.55 bits per heavy atom. The van der Waals surface area contributed by atoms with Gasteiger partial charge >= 0.3 is 0 Å². The number of amides is 2. The van der Waals surface area contributed by atoms with Crippen molar-refractivity contribution in [2.24, 2.45) is 0 Å². The Balaban J connectivity index is 1.28. The smallest absolute Gasteiger partial charge is 0.258 e. The van der Waals surface area contributed by atoms with E-state index in [2.05, 4.69) is 28.4 Å². The van der Waals surface area contributed by atoms with Crippen LogP contribution < -0.4 is 10.1 Å². The molecule has 3 aliphatic rings. The molecule has 0 saturated carbocycles. The number of carbonyl (C=O) groups excluding carboxylic acids is 2. The fraction of sp³-hybridized carbons (Fsp3) is 0.391. The Morgan fingerprint density at radius 2 is 1.76 bits per heavy atom. The highest BCUT2D eigenvalue weighted by molar-refractivity contribution is 5.98. The highest BCUT2D eigenvalue weighted by Crippen LogP contribution is 2.34. The van der Waals surface area contributed by atoms with Gasteiger partial charge in [0.15, 0.2) is 5.72 Å². The van der Waals surface area contributed by atoms with Gasteiger partial charge in [0.25, 0.3) is 5.91 Å². The summed E-state index contributed by atoms with van der Waals surface area (Å²) in [5.41, 5.74) is 2.41. The van der Waals surface area contributed by atoms with Gasteiger partial charge in [0.1, 0.15) is 5.75 Å². The largest absolute Gasteiger partial charge is 0.467 e. The van der Waals surface area contributed by atoms with Gasteiger partial charge in [0.2, 0.25) is 5.91 Å². The van der Waals surface area contributed by atoms with Crippen LogP contribution in [0.5, 0.6) is 5.75 Å². The minimum Gasteiger partial charge on any atom is -0.467 e. The van der Waals surface area contributed by atoms with Crippen molar-refractivity contribution in [2.45, 2.75) is 37.6 Å². The number of carbonyl (C=O) groups is 2. The van der Waals surface area contributed by atoms with E-state index in [0.717, 1.165) is 13.0 Å². The minimum atomic E-state index is -0.715. The first-order valence-electron chi connectivity index (χ1n) is 10.2. The van der Waals surface area contributed by atoms with Gasteiger partial charge in [-0.3, -0.25) is 14.5 Å². The number of likely N-dealkylation sites (tertiary alicyclic amines) is 1. The van der Waals surface area contributed by atoms with Crippen molar-refractivity contribution in [3.63, 3.8) is 0 Å². The molecule has 1 spiro atoms. The summed E-state index contributed by atoms with van der Waals surface area (Å²) < 4.78 is 6.19. The number of para-hydroxylation sites is 1. The van der Waals surface area contributed by atoms with Crippen LogP contribution in [0.25, 0.3) is 0 Å². The topological polar surface area (TPSA) is 61.9 Å². The zero-order valence-corrected chi connectivity index (χ0v) is 16.6. The predicted octanol–water partition coefficient (Wildman–Crippen LogP) is 2.18. The molecular weight excluding hydrogens is 366 g/mol. The van der Waals surface area contributed by atoms with Gasteiger partial charge in [0.05, 0.1) is 11.6 Å². The molecule has 0 aromatic heterocycles. The number of benzene rings is 2. The van der Waals surface area contributed by atoms with Crippen molar-refractivity contribution in [1.29, 1.82) is 0 Å². The third-order valence-corrected chi connectivity index (χ3v) is 6.43. The minimum absolute atomic E-state index is 0.102. The van der Waals surface area contributed by atoms with Crippen LogP contribution in [-0.2, 0) is 17.8 Å². The van der Waals surface area contributed by atoms with Crippen molar-refractivity contribution < 1.29 is 14.3 Å². The summed E-state index contributed by atoms with van der Waals surface area (Å²) in [6.07, 6.45) is 1.92. The fourth-order valence-electron chi connectivity index (χ4n) is 4.71. The van der Waals surface area contributed by atoms with Gasteiger partial charge in [-0.25, -0.2) is 0 Å². The second-order valence-electron chi connectivity index (χ2n) is 8.28. The maximum absolute atomic E-state index is 13.3. The normalized spacial score (nSPS) is 23.0. The number of nitrogens with zero attached hydrogens (tertiary/aromatic N) is 2. The number of nitrogens with one attached hydrogen (secondary N) is 1. The summed E-state index contributed by atoms with van der Waals surface area (Å²) in [7, 11) is 2.02. The SMILES string of the molecule is CN1Cc2ccccc2C[C@@H]1C(=O)N1CCC2(CC1)NC(=O)c1ccccc1O2. The van der Waals surface area contributed by atoms with Crippen molar-refractivity contribution >= 4 is 11.8 Å². The van der Waals surface area contributed by atoms with Gasteiger partial charge < -0.3 is 15.0 Å². The summed E-state index contributed by atoms with van der Waals surface area (Å²) in [5, 5.41) is 3.04. The number of fused-ring (bicyclic) bond motifs is 2. The molecule has 0 bridgehead atoms. The van der Waals surface area contributed by atoms with E-state index in [-0.39, 0.29) is 17.9 Å². The summed E-state index contributed by atoms with van der Waals surface area (Å²) in [6, 6.07) is 15.5. The average molecular weight is 391 g/mol. The molecule has 1 fully saturated rings. The molecule has 6 nitrogen and oxygen atoms in total. The van der Waals surface area contributed by atoms with Crippen LogP contribution in [0.2, 0.25) is 0 Å². The lowest BCUT2D eigenvalue weighted by atomic mass is 9.92. The molecule has 6 heteroatoms. The molecule has 0 unspecified atom stereocenters. The summed E-state index contributed by atoms with van der Waals surface area (Å²) in [5.74, 6) is 0.689. The molecule has 2 aromatic carbocycles. The molecule has 3 heterocycles. The van der Waals surface area contributed by atoms with Crippen molar-refractivity contribution in [3.8, 4) is 5.75 Å². The first kappa shape index (κ1) is 18.2. The molecule has 2 amide bonds. The summed E-state index contributed by atoms with van der Waals surface area (Å²) >= 11 is 0. The van der Waals surface area contributed by atoms with Crippen LogP contribution in [0.1, 0.15) is 34.3 Å². The number of rotatable bonds is 1. The molecule has 29 heavy (non-hydrogen) atoms. The molecule has 0 radical (unpaired) electrons. The second kappa shape index (κ2) is 6.88. The number of ether oxygens (including phenoxy) is 1. The van der Waals surface area contributed by atoms with Gasteiger partial charge in [-0.1, -0.05) is 36.4 Å². The van der Waals surface area contributed by atoms with E-state index in [1.54, 1.807) is 6.07 Å². The third-order valence-electron chi connectivity index (χ3n) is 6.43. The highest BCUT2D eigenvalue weighted by Gasteiger charge is 2.44. The number of likely N-dealkylation sites (N-methyl/N-ethyl adjacent to an activating group) is 1. The van der Waals surface area contributed by atoms with E-state index in [1.807, 2.05) is 36.2 Å². The van der Waals surface area contributed by atoms with Crippen LogP contribution in [0.15, 0.2) is 48.5 Å². The van der Waals surface area contributed by atoms with Crippen LogP contribution >= 0.6 is 0 Å². The van der Waals surface area contributed by atoms with Crippen LogP contribution in [0.4, 0.5) is 0 Å². The summed E-state index contributed by atoms with van der Waals surface area (Å²) in [6.45, 7) is 1.95. The molecule has 5 rings (SSSR count). The monoisotopic (exact) mass is 391 g/mol. The van der Waals surface area contributed by atoms with Crippen LogP contribution in [0.3, 0.4) is 0 Å². The molecule has 1 atom stereocenters. The number of hydrogen-bond donors (Lipinski definition) is 1. The Morgan fingerprint density at radius 1 is 1.07 bits per heavy atom. The molecule has 3 aliphatic heterocycles. The van der Waals surface area contributed by atoms with E-state index in [9.17, 15) is 9.59 Å². The molecule has 1 saturated heterocycles. The van der Waals surface area contributed by atoms with Crippen LogP contribution in [-0.4, -0.2) is 53.5 Å². The molecule has 2 aromatic rings. The first-order valence-corrected chi connectivity index (χ1v) is 10.2. The van der Waals surface area contributed by atoms with Crippen molar-refractivity contribution in [2.75, 3.05) is 20.1 Å². The van der Waals surface area contributed by atoms with Crippen LogP contribution in [0, 0.1) is 0 Å². The quantitative estimate of drug-likeness (QED) is 0.810. The van der Waals surface area contributed by atoms with Gasteiger partial charge in [-0.05, 0) is 36.7 Å². The summed E-state index contributed by atoms with van der Waals surface area (Å²) in [4.78, 5) is 29.8. The molecule has 1 N–H and O–H groups in total. The van der Waals surface area contributed by atoms with E-state index in [1.165, 1.54) is 11.1 Å². The standard InChI is InChI=1S/C23H25N3O3/c1-25-15-17-7-3-2-6-16(17)14-19(25)22(28)26-12-10-23(11-13-26)24-21(27)18-8-4-5-9-20(18)29-23/h2-9,19H,10-15H2,1H3,(H,24,27)/t19-/m1/s1. The Hall–Kier alpha value is -2.86. The van der Waals surface area contributed by atoms with Gasteiger partial charge in [-0.15, -0.1) is 0 Å². The maximum atomic E-state index is 13.3. The van der Waals surface area contributed by atoms with E-state index < -0.39 is 5.72 Å². The fourth-order valence-corrected chi connectivity index (χ4v) is 4.71. The molecule has 0 aliphatic carbocycles. The zero-order chi connectivity index (χ0) is 20.0. The lowest BCUT2D eigenvalue weighted by Gasteiger charge is -2.45. The Labute approximate surface area is 170 Å². The molecule has 150 valence electrons. The predicted molar refractivity (Wildman–Crippen MR) is 108 cm³/mol. The van der Waals surface area contributed by atoms with Gasteiger partial charge in [0, 0.05) is 32.5 Å². The van der Waals surface area contributed by atoms with Crippen molar-refractivity contribution in [1.82, 2.24) is 15.1 Å². The lowest BCUT2D eigenvalue weighted by Crippen LogP contribution is -2.63.